The molecule has 1 aromatic rings. The van der Waals surface area contributed by atoms with Crippen LogP contribution in [0.2, 0.25) is 0 Å². The van der Waals surface area contributed by atoms with Crippen LogP contribution in [0.5, 0.6) is 0 Å². The van der Waals surface area contributed by atoms with E-state index in [0.717, 1.165) is 18.4 Å². The van der Waals surface area contributed by atoms with E-state index in [2.05, 4.69) is 4.72 Å². The van der Waals surface area contributed by atoms with Gasteiger partial charge in [-0.3, -0.25) is 0 Å². The molecule has 4 nitrogen and oxygen atoms in total. The highest BCUT2D eigenvalue weighted by Crippen LogP contribution is 2.36. The van der Waals surface area contributed by atoms with Crippen molar-refractivity contribution < 1.29 is 8.42 Å². The van der Waals surface area contributed by atoms with Gasteiger partial charge >= 0.3 is 0 Å². The first-order chi connectivity index (χ1) is 7.31. The number of sulfonamides is 1. The summed E-state index contributed by atoms with van der Waals surface area (Å²) in [4.78, 5) is 0.248. The Kier molecular flexibility index (Phi) is 2.47. The Hall–Kier alpha value is -1.07. The van der Waals surface area contributed by atoms with Crippen LogP contribution < -0.4 is 10.5 Å². The van der Waals surface area contributed by atoms with Crippen molar-refractivity contribution in [2.45, 2.75) is 37.1 Å². The third kappa shape index (κ3) is 2.36. The molecule has 2 rings (SSSR count). The molecular weight excluding hydrogens is 224 g/mol. The first-order valence-corrected chi connectivity index (χ1v) is 6.70. The Balaban J connectivity index is 2.35. The number of aryl methyl sites for hydroxylation is 1. The fourth-order valence-corrected chi connectivity index (χ4v) is 3.21. The van der Waals surface area contributed by atoms with Crippen molar-refractivity contribution in [3.8, 4) is 0 Å². The predicted octanol–water partition coefficient (Wildman–Crippen LogP) is 1.41. The summed E-state index contributed by atoms with van der Waals surface area (Å²) in [5, 5.41) is 0. The maximum Gasteiger partial charge on any atom is 0.241 e. The van der Waals surface area contributed by atoms with Crippen molar-refractivity contribution in [1.29, 1.82) is 0 Å². The van der Waals surface area contributed by atoms with E-state index in [1.54, 1.807) is 12.1 Å². The quantitative estimate of drug-likeness (QED) is 0.785. The lowest BCUT2D eigenvalue weighted by Gasteiger charge is -2.13. The van der Waals surface area contributed by atoms with Crippen LogP contribution in [-0.2, 0) is 10.0 Å². The fourth-order valence-electron chi connectivity index (χ4n) is 1.60. The molecule has 0 amide bonds. The molecule has 0 spiro atoms. The summed E-state index contributed by atoms with van der Waals surface area (Å²) in [6.07, 6.45) is 1.79. The smallest absolute Gasteiger partial charge is 0.241 e. The summed E-state index contributed by atoms with van der Waals surface area (Å²) in [6.45, 7) is 3.73. The van der Waals surface area contributed by atoms with Gasteiger partial charge in [0.1, 0.15) is 0 Å². The second kappa shape index (κ2) is 3.46. The Bertz CT molecular complexity index is 499. The van der Waals surface area contributed by atoms with Crippen LogP contribution in [-0.4, -0.2) is 14.0 Å². The summed E-state index contributed by atoms with van der Waals surface area (Å²) in [7, 11) is -3.43. The summed E-state index contributed by atoms with van der Waals surface area (Å²) in [5.74, 6) is 0. The van der Waals surface area contributed by atoms with Crippen LogP contribution in [0.3, 0.4) is 0 Å². The van der Waals surface area contributed by atoms with Crippen molar-refractivity contribution in [2.24, 2.45) is 0 Å². The zero-order chi connectivity index (χ0) is 12.0. The highest BCUT2D eigenvalue weighted by molar-refractivity contribution is 7.89. The highest BCUT2D eigenvalue weighted by Gasteiger charge is 2.41. The molecule has 88 valence electrons. The second-order valence-corrected chi connectivity index (χ2v) is 6.43. The van der Waals surface area contributed by atoms with Gasteiger partial charge in [0, 0.05) is 11.2 Å². The molecule has 5 heteroatoms. The van der Waals surface area contributed by atoms with Gasteiger partial charge in [-0.15, -0.1) is 0 Å². The summed E-state index contributed by atoms with van der Waals surface area (Å²) in [6, 6.07) is 4.86. The van der Waals surface area contributed by atoms with Gasteiger partial charge in [0.2, 0.25) is 10.0 Å². The average Bonchev–Trinajstić information content (AvgIpc) is 2.80. The maximum atomic E-state index is 12.0. The van der Waals surface area contributed by atoms with Crippen LogP contribution in [0, 0.1) is 6.92 Å². The number of hydrogen-bond acceptors (Lipinski definition) is 3. The van der Waals surface area contributed by atoms with E-state index < -0.39 is 10.0 Å². The van der Waals surface area contributed by atoms with Gasteiger partial charge in [-0.1, -0.05) is 0 Å². The van der Waals surface area contributed by atoms with E-state index in [1.165, 1.54) is 6.07 Å². The first-order valence-electron chi connectivity index (χ1n) is 5.22. The van der Waals surface area contributed by atoms with Crippen molar-refractivity contribution in [3.05, 3.63) is 23.8 Å². The van der Waals surface area contributed by atoms with Gasteiger partial charge in [0.05, 0.1) is 4.90 Å². The topological polar surface area (TPSA) is 72.2 Å². The lowest BCUT2D eigenvalue weighted by atomic mass is 10.2. The number of nitrogen functional groups attached to an aromatic ring is 1. The summed E-state index contributed by atoms with van der Waals surface area (Å²) >= 11 is 0. The number of rotatable bonds is 3. The van der Waals surface area contributed by atoms with Crippen molar-refractivity contribution in [2.75, 3.05) is 5.73 Å². The zero-order valence-corrected chi connectivity index (χ0v) is 10.3. The number of hydrogen-bond donors (Lipinski definition) is 2. The average molecular weight is 240 g/mol. The Labute approximate surface area is 95.9 Å². The standard InChI is InChI=1S/C11H16N2O2S/c1-8-5-9(12)7-10(6-8)16(14,15)13-11(2)3-4-11/h5-7,13H,3-4,12H2,1-2H3. The number of anilines is 1. The van der Waals surface area contributed by atoms with Crippen molar-refractivity contribution in [1.82, 2.24) is 4.72 Å². The highest BCUT2D eigenvalue weighted by atomic mass is 32.2. The van der Waals surface area contributed by atoms with Crippen LogP contribution in [0.15, 0.2) is 23.1 Å². The Morgan fingerprint density at radius 2 is 1.94 bits per heavy atom. The van der Waals surface area contributed by atoms with Gasteiger partial charge in [-0.05, 0) is 50.5 Å². The Morgan fingerprint density at radius 3 is 2.44 bits per heavy atom. The summed E-state index contributed by atoms with van der Waals surface area (Å²) in [5.41, 5.74) is 6.71. The molecule has 0 saturated heterocycles. The van der Waals surface area contributed by atoms with Crippen molar-refractivity contribution >= 4 is 15.7 Å². The van der Waals surface area contributed by atoms with Gasteiger partial charge < -0.3 is 5.73 Å². The van der Waals surface area contributed by atoms with Gasteiger partial charge in [-0.2, -0.15) is 0 Å². The summed E-state index contributed by atoms with van der Waals surface area (Å²) < 4.78 is 26.7. The molecule has 0 radical (unpaired) electrons. The number of nitrogens with two attached hydrogens (primary N) is 1. The monoisotopic (exact) mass is 240 g/mol. The zero-order valence-electron chi connectivity index (χ0n) is 9.45. The number of nitrogens with one attached hydrogen (secondary N) is 1. The minimum atomic E-state index is -3.43. The SMILES string of the molecule is Cc1cc(N)cc(S(=O)(=O)NC2(C)CC2)c1. The molecular formula is C11H16N2O2S. The largest absolute Gasteiger partial charge is 0.399 e. The molecule has 1 fully saturated rings. The molecule has 16 heavy (non-hydrogen) atoms. The third-order valence-corrected chi connectivity index (χ3v) is 4.38. The lowest BCUT2D eigenvalue weighted by Crippen LogP contribution is -2.34. The van der Waals surface area contributed by atoms with Crippen LogP contribution in [0.4, 0.5) is 5.69 Å². The van der Waals surface area contributed by atoms with Crippen molar-refractivity contribution in [3.63, 3.8) is 0 Å². The molecule has 3 N–H and O–H groups in total. The molecule has 0 heterocycles. The molecule has 0 bridgehead atoms. The molecule has 0 unspecified atom stereocenters. The molecule has 1 aromatic carbocycles. The normalized spacial score (nSPS) is 18.4. The molecule has 1 aliphatic rings. The van der Waals surface area contributed by atoms with E-state index >= 15 is 0 Å². The van der Waals surface area contributed by atoms with E-state index in [9.17, 15) is 8.42 Å². The second-order valence-electron chi connectivity index (χ2n) is 4.75. The molecule has 0 aromatic heterocycles. The minimum Gasteiger partial charge on any atom is -0.399 e. The van der Waals surface area contributed by atoms with E-state index in [0.29, 0.717) is 5.69 Å². The van der Waals surface area contributed by atoms with Gasteiger partial charge in [-0.25, -0.2) is 13.1 Å². The molecule has 1 saturated carbocycles. The van der Waals surface area contributed by atoms with Crippen LogP contribution in [0.25, 0.3) is 0 Å². The van der Waals surface area contributed by atoms with E-state index in [1.807, 2.05) is 13.8 Å². The number of benzene rings is 1. The van der Waals surface area contributed by atoms with Crippen LogP contribution in [0.1, 0.15) is 25.3 Å². The fraction of sp³-hybridized carbons (Fsp3) is 0.455. The van der Waals surface area contributed by atoms with Gasteiger partial charge in [0.25, 0.3) is 0 Å². The molecule has 0 atom stereocenters. The van der Waals surface area contributed by atoms with Gasteiger partial charge in [0.15, 0.2) is 0 Å². The third-order valence-electron chi connectivity index (χ3n) is 2.76. The van der Waals surface area contributed by atoms with Crippen LogP contribution >= 0.6 is 0 Å². The van der Waals surface area contributed by atoms with E-state index in [4.69, 9.17) is 5.73 Å². The molecule has 0 aliphatic heterocycles. The molecule has 1 aliphatic carbocycles. The Morgan fingerprint density at radius 1 is 1.31 bits per heavy atom. The predicted molar refractivity (Wildman–Crippen MR) is 63.6 cm³/mol. The maximum absolute atomic E-state index is 12.0. The van der Waals surface area contributed by atoms with E-state index in [-0.39, 0.29) is 10.4 Å². The lowest BCUT2D eigenvalue weighted by molar-refractivity contribution is 0.558. The minimum absolute atomic E-state index is 0.248. The first kappa shape index (κ1) is 11.4.